The molecule has 0 radical (unpaired) electrons. The van der Waals surface area contributed by atoms with Gasteiger partial charge in [-0.05, 0) is 24.6 Å². The molecule has 0 fully saturated rings. The van der Waals surface area contributed by atoms with Crippen molar-refractivity contribution in [2.45, 2.75) is 23.6 Å². The average Bonchev–Trinajstić information content (AvgIpc) is 2.55. The zero-order valence-corrected chi connectivity index (χ0v) is 14.8. The predicted molar refractivity (Wildman–Crippen MR) is 95.0 cm³/mol. The summed E-state index contributed by atoms with van der Waals surface area (Å²) >= 11 is 1.45. The Balaban J connectivity index is 1.87. The number of rotatable bonds is 7. The van der Waals surface area contributed by atoms with Crippen LogP contribution in [0.1, 0.15) is 11.1 Å². The fourth-order valence-electron chi connectivity index (χ4n) is 1.87. The van der Waals surface area contributed by atoms with Crippen LogP contribution in [-0.2, 0) is 24.8 Å². The van der Waals surface area contributed by atoms with Crippen LogP contribution in [0, 0.1) is 6.92 Å². The lowest BCUT2D eigenvalue weighted by atomic mass is 10.2. The van der Waals surface area contributed by atoms with Crippen LogP contribution in [0.4, 0.5) is 0 Å². The summed E-state index contributed by atoms with van der Waals surface area (Å²) in [5.74, 6) is 0.0140. The van der Waals surface area contributed by atoms with Gasteiger partial charge in [0.2, 0.25) is 0 Å². The van der Waals surface area contributed by atoms with E-state index in [1.807, 2.05) is 37.3 Å². The standard InChI is InChI=1S/C17H19NO4S2/c1-13-7-9-15(10-8-13)24(20,21)22-17(19)16(18)12-23-11-14-5-3-2-4-6-14/h2-10,16H,11-12,18H2,1H3/t16-/m0/s1. The van der Waals surface area contributed by atoms with Crippen molar-refractivity contribution in [1.29, 1.82) is 0 Å². The molecule has 0 saturated carbocycles. The number of hydrogen-bond acceptors (Lipinski definition) is 6. The molecular weight excluding hydrogens is 346 g/mol. The van der Waals surface area contributed by atoms with Crippen LogP contribution >= 0.6 is 11.8 Å². The summed E-state index contributed by atoms with van der Waals surface area (Å²) in [4.78, 5) is 11.8. The van der Waals surface area contributed by atoms with Crippen molar-refractivity contribution in [2.24, 2.45) is 5.73 Å². The largest absolute Gasteiger partial charge is 0.341 e. The first-order valence-corrected chi connectivity index (χ1v) is 9.87. The molecule has 2 N–H and O–H groups in total. The van der Waals surface area contributed by atoms with E-state index in [2.05, 4.69) is 4.18 Å². The second kappa shape index (κ2) is 8.32. The Morgan fingerprint density at radius 1 is 1.12 bits per heavy atom. The van der Waals surface area contributed by atoms with Crippen LogP contribution in [0.3, 0.4) is 0 Å². The molecular formula is C17H19NO4S2. The van der Waals surface area contributed by atoms with Crippen molar-refractivity contribution in [1.82, 2.24) is 0 Å². The van der Waals surface area contributed by atoms with Gasteiger partial charge in [0, 0.05) is 11.5 Å². The molecule has 2 aromatic rings. The first kappa shape index (κ1) is 18.5. The smallest absolute Gasteiger partial charge is 0.340 e. The van der Waals surface area contributed by atoms with E-state index in [-0.39, 0.29) is 10.6 Å². The van der Waals surface area contributed by atoms with Gasteiger partial charge in [0.05, 0.1) is 0 Å². The van der Waals surface area contributed by atoms with E-state index in [1.54, 1.807) is 12.1 Å². The van der Waals surface area contributed by atoms with Gasteiger partial charge in [-0.3, -0.25) is 0 Å². The number of nitrogens with two attached hydrogens (primary N) is 1. The summed E-state index contributed by atoms with van der Waals surface area (Å²) in [6.07, 6.45) is 0. The van der Waals surface area contributed by atoms with Crippen molar-refractivity contribution >= 4 is 27.8 Å². The lowest BCUT2D eigenvalue weighted by Crippen LogP contribution is -2.36. The van der Waals surface area contributed by atoms with E-state index in [9.17, 15) is 13.2 Å². The lowest BCUT2D eigenvalue weighted by molar-refractivity contribution is -0.134. The minimum Gasteiger partial charge on any atom is -0.340 e. The van der Waals surface area contributed by atoms with Gasteiger partial charge >= 0.3 is 16.1 Å². The SMILES string of the molecule is Cc1ccc(S(=O)(=O)OC(=O)[C@@H](N)CSCc2ccccc2)cc1. The van der Waals surface area contributed by atoms with Gasteiger partial charge in [0.15, 0.2) is 0 Å². The molecule has 0 amide bonds. The van der Waals surface area contributed by atoms with E-state index in [1.165, 1.54) is 23.9 Å². The normalized spacial score (nSPS) is 12.6. The Morgan fingerprint density at radius 3 is 2.38 bits per heavy atom. The molecule has 0 heterocycles. The fourth-order valence-corrected chi connectivity index (χ4v) is 3.71. The third kappa shape index (κ3) is 5.36. The summed E-state index contributed by atoms with van der Waals surface area (Å²) in [6.45, 7) is 1.84. The van der Waals surface area contributed by atoms with Gasteiger partial charge in [0.25, 0.3) is 0 Å². The number of benzene rings is 2. The quantitative estimate of drug-likeness (QED) is 0.759. The summed E-state index contributed by atoms with van der Waals surface area (Å²) in [6, 6.07) is 14.8. The lowest BCUT2D eigenvalue weighted by Gasteiger charge is -2.11. The molecule has 0 aliphatic rings. The Labute approximate surface area is 146 Å². The first-order valence-electron chi connectivity index (χ1n) is 7.31. The molecule has 0 aromatic heterocycles. The zero-order chi connectivity index (χ0) is 17.6. The highest BCUT2D eigenvalue weighted by atomic mass is 32.2. The summed E-state index contributed by atoms with van der Waals surface area (Å²) < 4.78 is 28.7. The first-order chi connectivity index (χ1) is 11.4. The Kier molecular flexibility index (Phi) is 6.42. The van der Waals surface area contributed by atoms with Crippen LogP contribution in [0.5, 0.6) is 0 Å². The average molecular weight is 365 g/mol. The Hall–Kier alpha value is -1.83. The maximum Gasteiger partial charge on any atom is 0.341 e. The van der Waals surface area contributed by atoms with Gasteiger partial charge in [0.1, 0.15) is 10.9 Å². The van der Waals surface area contributed by atoms with Gasteiger partial charge < -0.3 is 9.92 Å². The molecule has 0 aliphatic heterocycles. The number of carbonyl (C=O) groups is 1. The van der Waals surface area contributed by atoms with Crippen molar-refractivity contribution in [3.05, 3.63) is 65.7 Å². The van der Waals surface area contributed by atoms with Crippen molar-refractivity contribution in [3.63, 3.8) is 0 Å². The topological polar surface area (TPSA) is 86.5 Å². The monoisotopic (exact) mass is 365 g/mol. The molecule has 0 bridgehead atoms. The van der Waals surface area contributed by atoms with E-state index in [4.69, 9.17) is 5.73 Å². The van der Waals surface area contributed by atoms with Crippen LogP contribution < -0.4 is 5.73 Å². The molecule has 0 unspecified atom stereocenters. The molecule has 128 valence electrons. The van der Waals surface area contributed by atoms with Crippen LogP contribution in [0.25, 0.3) is 0 Å². The summed E-state index contributed by atoms with van der Waals surface area (Å²) in [5, 5.41) is 0. The maximum absolute atomic E-state index is 12.0. The Morgan fingerprint density at radius 2 is 1.75 bits per heavy atom. The molecule has 0 aliphatic carbocycles. The minimum atomic E-state index is -4.14. The summed E-state index contributed by atoms with van der Waals surface area (Å²) in [7, 11) is -4.14. The van der Waals surface area contributed by atoms with E-state index >= 15 is 0 Å². The highest BCUT2D eigenvalue weighted by Crippen LogP contribution is 2.16. The van der Waals surface area contributed by atoms with Crippen LogP contribution in [-0.4, -0.2) is 26.2 Å². The highest BCUT2D eigenvalue weighted by Gasteiger charge is 2.24. The number of hydrogen-bond donors (Lipinski definition) is 1. The fraction of sp³-hybridized carbons (Fsp3) is 0.235. The molecule has 1 atom stereocenters. The van der Waals surface area contributed by atoms with E-state index < -0.39 is 22.1 Å². The van der Waals surface area contributed by atoms with Gasteiger partial charge in [-0.25, -0.2) is 4.79 Å². The third-order valence-corrected chi connectivity index (χ3v) is 5.58. The van der Waals surface area contributed by atoms with Crippen LogP contribution in [0.2, 0.25) is 0 Å². The number of thioether (sulfide) groups is 1. The molecule has 5 nitrogen and oxygen atoms in total. The predicted octanol–water partition coefficient (Wildman–Crippen LogP) is 2.49. The molecule has 2 rings (SSSR count). The summed E-state index contributed by atoms with van der Waals surface area (Å²) in [5.41, 5.74) is 7.75. The maximum atomic E-state index is 12.0. The Bertz CT molecular complexity index is 774. The molecule has 24 heavy (non-hydrogen) atoms. The third-order valence-electron chi connectivity index (χ3n) is 3.21. The van der Waals surface area contributed by atoms with Gasteiger partial charge in [-0.1, -0.05) is 48.0 Å². The molecule has 0 saturated heterocycles. The highest BCUT2D eigenvalue weighted by molar-refractivity contribution is 7.98. The second-order valence-electron chi connectivity index (χ2n) is 5.28. The zero-order valence-electron chi connectivity index (χ0n) is 13.2. The van der Waals surface area contributed by atoms with Crippen molar-refractivity contribution < 1.29 is 17.4 Å². The van der Waals surface area contributed by atoms with Crippen LogP contribution in [0.15, 0.2) is 59.5 Å². The molecule has 2 aromatic carbocycles. The number of aryl methyl sites for hydroxylation is 1. The van der Waals surface area contributed by atoms with E-state index in [0.717, 1.165) is 11.1 Å². The van der Waals surface area contributed by atoms with E-state index in [0.29, 0.717) is 5.75 Å². The second-order valence-corrected chi connectivity index (χ2v) is 7.85. The molecule has 7 heteroatoms. The van der Waals surface area contributed by atoms with Crippen molar-refractivity contribution in [3.8, 4) is 0 Å². The number of carbonyl (C=O) groups excluding carboxylic acids is 1. The van der Waals surface area contributed by atoms with Gasteiger partial charge in [-0.2, -0.15) is 20.2 Å². The van der Waals surface area contributed by atoms with Crippen molar-refractivity contribution in [2.75, 3.05) is 5.75 Å². The minimum absolute atomic E-state index is 0.0643. The van der Waals surface area contributed by atoms with Gasteiger partial charge in [-0.15, -0.1) is 0 Å². The molecule has 0 spiro atoms.